The van der Waals surface area contributed by atoms with E-state index in [1.54, 1.807) is 18.2 Å². The zero-order chi connectivity index (χ0) is 13.1. The normalized spacial score (nSPS) is 22.8. The van der Waals surface area contributed by atoms with Gasteiger partial charge in [-0.1, -0.05) is 24.9 Å². The summed E-state index contributed by atoms with van der Waals surface area (Å²) in [5, 5.41) is 3.58. The van der Waals surface area contributed by atoms with Gasteiger partial charge in [0.2, 0.25) is 0 Å². The Bertz CT molecular complexity index is 450. The molecule has 98 valence electrons. The molecule has 1 aliphatic carbocycles. The summed E-state index contributed by atoms with van der Waals surface area (Å²) in [5.74, 6) is 5.81. The highest BCUT2D eigenvalue weighted by molar-refractivity contribution is 6.31. The second-order valence-corrected chi connectivity index (χ2v) is 5.26. The van der Waals surface area contributed by atoms with Crippen LogP contribution in [0, 0.1) is 5.92 Å². The van der Waals surface area contributed by atoms with E-state index in [2.05, 4.69) is 17.7 Å². The van der Waals surface area contributed by atoms with E-state index in [1.807, 2.05) is 0 Å². The molecule has 1 fully saturated rings. The van der Waals surface area contributed by atoms with Crippen molar-refractivity contribution in [1.29, 1.82) is 0 Å². The van der Waals surface area contributed by atoms with Gasteiger partial charge in [0.15, 0.2) is 0 Å². The van der Waals surface area contributed by atoms with E-state index in [0.29, 0.717) is 22.2 Å². The van der Waals surface area contributed by atoms with Crippen molar-refractivity contribution >= 4 is 23.2 Å². The highest BCUT2D eigenvalue weighted by Crippen LogP contribution is 2.26. The van der Waals surface area contributed by atoms with Crippen molar-refractivity contribution in [1.82, 2.24) is 5.32 Å². The van der Waals surface area contributed by atoms with Gasteiger partial charge in [0.1, 0.15) is 0 Å². The van der Waals surface area contributed by atoms with Crippen LogP contribution in [0.1, 0.15) is 36.5 Å². The summed E-state index contributed by atoms with van der Waals surface area (Å²) in [7, 11) is 0. The molecule has 0 bridgehead atoms. The van der Waals surface area contributed by atoms with E-state index in [0.717, 1.165) is 6.42 Å². The number of nitrogens with two attached hydrogens (primary N) is 1. The molecule has 1 aromatic carbocycles. The molecule has 0 spiro atoms. The fourth-order valence-electron chi connectivity index (χ4n) is 2.44. The first-order valence-electron chi connectivity index (χ1n) is 6.19. The molecule has 0 saturated heterocycles. The van der Waals surface area contributed by atoms with Crippen LogP contribution < -0.4 is 16.6 Å². The van der Waals surface area contributed by atoms with Gasteiger partial charge in [-0.2, -0.15) is 0 Å². The Kier molecular flexibility index (Phi) is 4.09. The number of anilines is 1. The Morgan fingerprint density at radius 2 is 2.22 bits per heavy atom. The van der Waals surface area contributed by atoms with Crippen molar-refractivity contribution in [3.05, 3.63) is 28.8 Å². The molecule has 2 atom stereocenters. The summed E-state index contributed by atoms with van der Waals surface area (Å²) in [4.78, 5) is 12.2. The molecule has 1 aromatic rings. The van der Waals surface area contributed by atoms with Crippen LogP contribution in [-0.4, -0.2) is 11.9 Å². The predicted octanol–water partition coefficient (Wildman–Crippen LogP) is 2.54. The van der Waals surface area contributed by atoms with Crippen LogP contribution in [0.25, 0.3) is 0 Å². The number of halogens is 1. The molecule has 5 heteroatoms. The summed E-state index contributed by atoms with van der Waals surface area (Å²) < 4.78 is 0. The van der Waals surface area contributed by atoms with Crippen molar-refractivity contribution < 1.29 is 4.79 Å². The molecule has 2 rings (SSSR count). The maximum Gasteiger partial charge on any atom is 0.253 e. The second-order valence-electron chi connectivity index (χ2n) is 4.82. The maximum absolute atomic E-state index is 12.2. The van der Waals surface area contributed by atoms with Crippen molar-refractivity contribution in [3.63, 3.8) is 0 Å². The highest BCUT2D eigenvalue weighted by Gasteiger charge is 2.25. The number of hydrazine groups is 1. The number of carbonyl (C=O) groups excluding carboxylic acids is 1. The van der Waals surface area contributed by atoms with Crippen molar-refractivity contribution in [2.24, 2.45) is 11.8 Å². The number of nitrogen functional groups attached to an aromatic ring is 1. The van der Waals surface area contributed by atoms with E-state index < -0.39 is 0 Å². The number of hydrogen-bond acceptors (Lipinski definition) is 3. The van der Waals surface area contributed by atoms with Crippen molar-refractivity contribution in [2.75, 3.05) is 5.43 Å². The lowest BCUT2D eigenvalue weighted by Crippen LogP contribution is -2.36. The molecule has 4 N–H and O–H groups in total. The Morgan fingerprint density at radius 3 is 2.83 bits per heavy atom. The summed E-state index contributed by atoms with van der Waals surface area (Å²) in [6, 6.07) is 5.29. The van der Waals surface area contributed by atoms with Gasteiger partial charge in [-0.05, 0) is 37.0 Å². The third-order valence-electron chi connectivity index (χ3n) is 3.56. The molecule has 1 aliphatic rings. The van der Waals surface area contributed by atoms with Crippen LogP contribution >= 0.6 is 11.6 Å². The first kappa shape index (κ1) is 13.2. The Morgan fingerprint density at radius 1 is 1.44 bits per heavy atom. The molecule has 0 aliphatic heterocycles. The van der Waals surface area contributed by atoms with Crippen molar-refractivity contribution in [2.45, 2.75) is 32.2 Å². The van der Waals surface area contributed by atoms with Crippen LogP contribution in [0.5, 0.6) is 0 Å². The quantitative estimate of drug-likeness (QED) is 0.582. The average molecular weight is 268 g/mol. The Labute approximate surface area is 112 Å². The van der Waals surface area contributed by atoms with Crippen molar-refractivity contribution in [3.8, 4) is 0 Å². The van der Waals surface area contributed by atoms with Gasteiger partial charge >= 0.3 is 0 Å². The standard InChI is InChI=1S/C13H18ClN3O/c1-8-3-2-4-11(8)16-13(18)10-7-9(14)5-6-12(10)17-15/h5-8,11,17H,2-4,15H2,1H3,(H,16,18). The predicted molar refractivity (Wildman–Crippen MR) is 73.5 cm³/mol. The highest BCUT2D eigenvalue weighted by atomic mass is 35.5. The zero-order valence-electron chi connectivity index (χ0n) is 10.4. The van der Waals surface area contributed by atoms with Crippen LogP contribution in [0.2, 0.25) is 5.02 Å². The van der Waals surface area contributed by atoms with Gasteiger partial charge in [0.25, 0.3) is 5.91 Å². The van der Waals surface area contributed by atoms with E-state index in [9.17, 15) is 4.79 Å². The lowest BCUT2D eigenvalue weighted by atomic mass is 10.1. The van der Waals surface area contributed by atoms with Gasteiger partial charge < -0.3 is 10.7 Å². The maximum atomic E-state index is 12.2. The van der Waals surface area contributed by atoms with E-state index in [4.69, 9.17) is 17.4 Å². The summed E-state index contributed by atoms with van der Waals surface area (Å²) in [5.41, 5.74) is 3.60. The Balaban J connectivity index is 2.15. The van der Waals surface area contributed by atoms with Crippen LogP contribution in [-0.2, 0) is 0 Å². The first-order valence-corrected chi connectivity index (χ1v) is 6.56. The number of nitrogens with one attached hydrogen (secondary N) is 2. The van der Waals surface area contributed by atoms with Gasteiger partial charge in [-0.25, -0.2) is 0 Å². The number of carbonyl (C=O) groups is 1. The monoisotopic (exact) mass is 267 g/mol. The summed E-state index contributed by atoms with van der Waals surface area (Å²) in [6.45, 7) is 2.16. The largest absolute Gasteiger partial charge is 0.349 e. The molecule has 0 heterocycles. The summed E-state index contributed by atoms with van der Waals surface area (Å²) in [6.07, 6.45) is 3.38. The number of benzene rings is 1. The molecule has 1 saturated carbocycles. The molecular formula is C13H18ClN3O. The van der Waals surface area contributed by atoms with Gasteiger partial charge in [0, 0.05) is 11.1 Å². The lowest BCUT2D eigenvalue weighted by molar-refractivity contribution is 0.0930. The lowest BCUT2D eigenvalue weighted by Gasteiger charge is -2.18. The van der Waals surface area contributed by atoms with Gasteiger partial charge in [-0.15, -0.1) is 0 Å². The third-order valence-corrected chi connectivity index (χ3v) is 3.79. The fourth-order valence-corrected chi connectivity index (χ4v) is 2.61. The number of amides is 1. The number of rotatable bonds is 3. The minimum absolute atomic E-state index is 0.121. The topological polar surface area (TPSA) is 67.2 Å². The molecule has 0 radical (unpaired) electrons. The average Bonchev–Trinajstić information content (AvgIpc) is 2.75. The smallest absolute Gasteiger partial charge is 0.253 e. The molecule has 18 heavy (non-hydrogen) atoms. The first-order chi connectivity index (χ1) is 8.61. The van der Waals surface area contributed by atoms with Gasteiger partial charge in [-0.3, -0.25) is 10.6 Å². The molecule has 4 nitrogen and oxygen atoms in total. The minimum Gasteiger partial charge on any atom is -0.349 e. The van der Waals surface area contributed by atoms with Crippen LogP contribution in [0.4, 0.5) is 5.69 Å². The molecular weight excluding hydrogens is 250 g/mol. The van der Waals surface area contributed by atoms with E-state index in [1.165, 1.54) is 12.8 Å². The SMILES string of the molecule is CC1CCCC1NC(=O)c1cc(Cl)ccc1NN. The fraction of sp³-hybridized carbons (Fsp3) is 0.462. The molecule has 2 unspecified atom stereocenters. The second kappa shape index (κ2) is 5.59. The number of hydrogen-bond donors (Lipinski definition) is 3. The minimum atomic E-state index is -0.121. The van der Waals surface area contributed by atoms with Crippen LogP contribution in [0.15, 0.2) is 18.2 Å². The Hall–Kier alpha value is -1.26. The molecule has 0 aromatic heterocycles. The van der Waals surface area contributed by atoms with Gasteiger partial charge in [0.05, 0.1) is 11.3 Å². The summed E-state index contributed by atoms with van der Waals surface area (Å²) >= 11 is 5.91. The van der Waals surface area contributed by atoms with E-state index >= 15 is 0 Å². The van der Waals surface area contributed by atoms with Crippen LogP contribution in [0.3, 0.4) is 0 Å². The van der Waals surface area contributed by atoms with E-state index in [-0.39, 0.29) is 11.9 Å². The third kappa shape index (κ3) is 2.76. The zero-order valence-corrected chi connectivity index (χ0v) is 11.1. The molecule has 1 amide bonds.